The van der Waals surface area contributed by atoms with E-state index < -0.39 is 0 Å². The minimum atomic E-state index is 0. The molecule has 0 aliphatic rings. The molecule has 0 unspecified atom stereocenters. The number of ether oxygens (including phenoxy) is 5. The highest BCUT2D eigenvalue weighted by molar-refractivity contribution is 14.0. The lowest BCUT2D eigenvalue weighted by Crippen LogP contribution is -2.31. The summed E-state index contributed by atoms with van der Waals surface area (Å²) >= 11 is 0. The second kappa shape index (κ2) is 12.1. The standard InChI is InChI=1S/C20H27N3O5.HI/c1-24-15-8-6-13(10-17(15)26-3)11-22-20(21)23-12-14-7-9-16(25-2)19(28-5)18(14)27-4;/h6-10H,11-12H2,1-5H3,(H3,21,22,23);1H. The van der Waals surface area contributed by atoms with Gasteiger partial charge in [0.15, 0.2) is 29.0 Å². The summed E-state index contributed by atoms with van der Waals surface area (Å²) in [4.78, 5) is 4.36. The van der Waals surface area contributed by atoms with Gasteiger partial charge in [0.25, 0.3) is 0 Å². The van der Waals surface area contributed by atoms with Gasteiger partial charge in [-0.3, -0.25) is 0 Å². The number of nitrogens with one attached hydrogen (secondary N) is 1. The fourth-order valence-corrected chi connectivity index (χ4v) is 2.70. The minimum absolute atomic E-state index is 0. The molecular formula is C20H28IN3O5. The number of nitrogens with two attached hydrogens (primary N) is 1. The summed E-state index contributed by atoms with van der Waals surface area (Å²) in [7, 11) is 7.91. The van der Waals surface area contributed by atoms with Gasteiger partial charge in [-0.25, -0.2) is 4.99 Å². The molecule has 2 aromatic carbocycles. The summed E-state index contributed by atoms with van der Waals surface area (Å²) < 4.78 is 26.7. The zero-order valence-corrected chi connectivity index (χ0v) is 19.6. The Kier molecular flexibility index (Phi) is 10.2. The number of nitrogens with zero attached hydrogens (tertiary/aromatic N) is 1. The van der Waals surface area contributed by atoms with Crippen molar-refractivity contribution in [2.75, 3.05) is 35.5 Å². The van der Waals surface area contributed by atoms with E-state index in [1.807, 2.05) is 30.3 Å². The number of halogens is 1. The number of benzene rings is 2. The summed E-state index contributed by atoms with van der Waals surface area (Å²) in [5.41, 5.74) is 7.82. The van der Waals surface area contributed by atoms with E-state index in [9.17, 15) is 0 Å². The molecule has 2 rings (SSSR count). The Morgan fingerprint density at radius 1 is 0.828 bits per heavy atom. The van der Waals surface area contributed by atoms with Crippen molar-refractivity contribution in [2.24, 2.45) is 10.7 Å². The largest absolute Gasteiger partial charge is 0.493 e. The fourth-order valence-electron chi connectivity index (χ4n) is 2.70. The molecule has 0 radical (unpaired) electrons. The molecule has 160 valence electrons. The molecule has 0 aromatic heterocycles. The number of hydrogen-bond donors (Lipinski definition) is 2. The molecule has 0 heterocycles. The molecule has 0 amide bonds. The van der Waals surface area contributed by atoms with Gasteiger partial charge < -0.3 is 34.7 Å². The third kappa shape index (κ3) is 6.21. The van der Waals surface area contributed by atoms with Crippen molar-refractivity contribution in [3.05, 3.63) is 41.5 Å². The Balaban J connectivity index is 0.00000420. The molecule has 8 nitrogen and oxygen atoms in total. The second-order valence-electron chi connectivity index (χ2n) is 5.74. The Bertz CT molecular complexity index is 830. The molecule has 3 N–H and O–H groups in total. The van der Waals surface area contributed by atoms with Crippen LogP contribution in [0.3, 0.4) is 0 Å². The molecule has 0 aliphatic heterocycles. The van der Waals surface area contributed by atoms with E-state index in [1.165, 1.54) is 0 Å². The second-order valence-corrected chi connectivity index (χ2v) is 5.74. The van der Waals surface area contributed by atoms with E-state index in [-0.39, 0.29) is 24.0 Å². The fraction of sp³-hybridized carbons (Fsp3) is 0.350. The average molecular weight is 517 g/mol. The van der Waals surface area contributed by atoms with Crippen LogP contribution >= 0.6 is 24.0 Å². The topological polar surface area (TPSA) is 96.6 Å². The van der Waals surface area contributed by atoms with Crippen LogP contribution in [0, 0.1) is 0 Å². The first kappa shape index (κ1) is 24.5. The van der Waals surface area contributed by atoms with Crippen LogP contribution in [0.5, 0.6) is 28.7 Å². The molecule has 2 aromatic rings. The maximum atomic E-state index is 6.00. The van der Waals surface area contributed by atoms with Crippen molar-refractivity contribution in [3.8, 4) is 28.7 Å². The van der Waals surface area contributed by atoms with Gasteiger partial charge in [0.05, 0.1) is 42.1 Å². The van der Waals surface area contributed by atoms with E-state index in [4.69, 9.17) is 29.4 Å². The maximum absolute atomic E-state index is 6.00. The number of methoxy groups -OCH3 is 5. The van der Waals surface area contributed by atoms with Gasteiger partial charge >= 0.3 is 0 Å². The maximum Gasteiger partial charge on any atom is 0.203 e. The third-order valence-corrected chi connectivity index (χ3v) is 4.13. The van der Waals surface area contributed by atoms with E-state index in [0.717, 1.165) is 11.1 Å². The molecule has 9 heteroatoms. The van der Waals surface area contributed by atoms with Crippen molar-refractivity contribution in [1.82, 2.24) is 5.32 Å². The lowest BCUT2D eigenvalue weighted by molar-refractivity contribution is 0.322. The molecule has 0 fully saturated rings. The predicted octanol–water partition coefficient (Wildman–Crippen LogP) is 2.95. The molecular weight excluding hydrogens is 489 g/mol. The molecule has 0 spiro atoms. The van der Waals surface area contributed by atoms with E-state index in [2.05, 4.69) is 10.3 Å². The minimum Gasteiger partial charge on any atom is -0.493 e. The number of guanidine groups is 1. The highest BCUT2D eigenvalue weighted by atomic mass is 127. The van der Waals surface area contributed by atoms with Crippen molar-refractivity contribution >= 4 is 29.9 Å². The Morgan fingerprint density at radius 3 is 2.03 bits per heavy atom. The van der Waals surface area contributed by atoms with Crippen LogP contribution in [0.25, 0.3) is 0 Å². The first-order valence-electron chi connectivity index (χ1n) is 8.60. The van der Waals surface area contributed by atoms with Crippen LogP contribution in [0.1, 0.15) is 11.1 Å². The van der Waals surface area contributed by atoms with Gasteiger partial charge in [-0.15, -0.1) is 24.0 Å². The highest BCUT2D eigenvalue weighted by Crippen LogP contribution is 2.39. The summed E-state index contributed by atoms with van der Waals surface area (Å²) in [6.07, 6.45) is 0. The van der Waals surface area contributed by atoms with Gasteiger partial charge in [-0.2, -0.15) is 0 Å². The van der Waals surface area contributed by atoms with Crippen LogP contribution in [0.2, 0.25) is 0 Å². The van der Waals surface area contributed by atoms with E-state index >= 15 is 0 Å². The van der Waals surface area contributed by atoms with Crippen LogP contribution in [0.4, 0.5) is 0 Å². The van der Waals surface area contributed by atoms with Gasteiger partial charge in [0.1, 0.15) is 0 Å². The summed E-state index contributed by atoms with van der Waals surface area (Å²) in [6, 6.07) is 9.31. The third-order valence-electron chi connectivity index (χ3n) is 4.13. The zero-order valence-electron chi connectivity index (χ0n) is 17.3. The molecule has 0 saturated heterocycles. The Labute approximate surface area is 188 Å². The van der Waals surface area contributed by atoms with Crippen molar-refractivity contribution in [3.63, 3.8) is 0 Å². The van der Waals surface area contributed by atoms with Crippen LogP contribution in [-0.4, -0.2) is 41.5 Å². The Morgan fingerprint density at radius 2 is 1.45 bits per heavy atom. The van der Waals surface area contributed by atoms with Crippen LogP contribution < -0.4 is 34.7 Å². The number of hydrogen-bond acceptors (Lipinski definition) is 6. The predicted molar refractivity (Wildman–Crippen MR) is 123 cm³/mol. The molecule has 29 heavy (non-hydrogen) atoms. The molecule has 0 aliphatic carbocycles. The van der Waals surface area contributed by atoms with Crippen molar-refractivity contribution in [1.29, 1.82) is 0 Å². The summed E-state index contributed by atoms with van der Waals surface area (Å²) in [5, 5.41) is 3.08. The quantitative estimate of drug-likeness (QED) is 0.300. The number of rotatable bonds is 9. The zero-order chi connectivity index (χ0) is 20.5. The number of aliphatic imine (C=N–C) groups is 1. The van der Waals surface area contributed by atoms with Gasteiger partial charge in [0.2, 0.25) is 5.75 Å². The average Bonchev–Trinajstić information content (AvgIpc) is 2.74. The molecule has 0 saturated carbocycles. The normalized spacial score (nSPS) is 10.6. The smallest absolute Gasteiger partial charge is 0.203 e. The van der Waals surface area contributed by atoms with Crippen molar-refractivity contribution < 1.29 is 23.7 Å². The Hall–Kier alpha value is -2.56. The summed E-state index contributed by atoms with van der Waals surface area (Å²) in [6.45, 7) is 0.826. The monoisotopic (exact) mass is 517 g/mol. The van der Waals surface area contributed by atoms with E-state index in [0.29, 0.717) is 47.8 Å². The van der Waals surface area contributed by atoms with Gasteiger partial charge in [0, 0.05) is 12.1 Å². The first-order valence-corrected chi connectivity index (χ1v) is 8.60. The lowest BCUT2D eigenvalue weighted by Gasteiger charge is -2.16. The summed E-state index contributed by atoms with van der Waals surface area (Å²) in [5.74, 6) is 3.34. The van der Waals surface area contributed by atoms with Gasteiger partial charge in [-0.05, 0) is 29.8 Å². The van der Waals surface area contributed by atoms with Crippen LogP contribution in [0.15, 0.2) is 35.3 Å². The van der Waals surface area contributed by atoms with Gasteiger partial charge in [-0.1, -0.05) is 6.07 Å². The lowest BCUT2D eigenvalue weighted by atomic mass is 10.1. The van der Waals surface area contributed by atoms with E-state index in [1.54, 1.807) is 35.5 Å². The van der Waals surface area contributed by atoms with Crippen LogP contribution in [-0.2, 0) is 13.1 Å². The SMILES string of the molecule is COc1ccc(CN=C(N)NCc2ccc(OC)c(OC)c2OC)cc1OC.I. The molecule has 0 atom stereocenters. The van der Waals surface area contributed by atoms with Crippen molar-refractivity contribution in [2.45, 2.75) is 13.1 Å². The highest BCUT2D eigenvalue weighted by Gasteiger charge is 2.15. The molecule has 0 bridgehead atoms. The first-order chi connectivity index (χ1) is 13.6.